The van der Waals surface area contributed by atoms with Crippen LogP contribution in [-0.4, -0.2) is 36.5 Å². The molecule has 1 rings (SSSR count). The number of likely N-dealkylation sites (tertiary alicyclic amines) is 1. The van der Waals surface area contributed by atoms with Crippen LogP contribution in [0.1, 0.15) is 46.0 Å². The molecule has 4 heteroatoms. The van der Waals surface area contributed by atoms with Crippen molar-refractivity contribution in [2.75, 3.05) is 19.7 Å². The maximum Gasteiger partial charge on any atom is 0.311 e. The first-order valence-electron chi connectivity index (χ1n) is 6.63. The second-order valence-electron chi connectivity index (χ2n) is 4.62. The molecular weight excluding hydrogens is 218 g/mol. The van der Waals surface area contributed by atoms with Crippen molar-refractivity contribution in [1.82, 2.24) is 4.90 Å². The molecular formula is C13H23NO3. The van der Waals surface area contributed by atoms with E-state index in [0.717, 1.165) is 32.2 Å². The van der Waals surface area contributed by atoms with Crippen LogP contribution < -0.4 is 0 Å². The molecule has 0 aromatic heterocycles. The molecule has 0 bridgehead atoms. The second-order valence-corrected chi connectivity index (χ2v) is 4.62. The molecule has 98 valence electrons. The highest BCUT2D eigenvalue weighted by Crippen LogP contribution is 2.19. The average molecular weight is 241 g/mol. The molecule has 1 aliphatic heterocycles. The first-order valence-corrected chi connectivity index (χ1v) is 6.63. The van der Waals surface area contributed by atoms with Crippen molar-refractivity contribution < 1.29 is 14.3 Å². The highest BCUT2D eigenvalue weighted by molar-refractivity contribution is 5.86. The zero-order chi connectivity index (χ0) is 12.7. The van der Waals surface area contributed by atoms with E-state index in [1.165, 1.54) is 0 Å². The Labute approximate surface area is 103 Å². The summed E-state index contributed by atoms with van der Waals surface area (Å²) in [5.41, 5.74) is 0. The third-order valence-corrected chi connectivity index (χ3v) is 3.03. The van der Waals surface area contributed by atoms with Crippen molar-refractivity contribution in [2.45, 2.75) is 46.0 Å². The fourth-order valence-electron chi connectivity index (χ4n) is 2.06. The summed E-state index contributed by atoms with van der Waals surface area (Å²) in [6, 6.07) is 0. The van der Waals surface area contributed by atoms with Gasteiger partial charge in [-0.15, -0.1) is 0 Å². The van der Waals surface area contributed by atoms with E-state index >= 15 is 0 Å². The number of carbonyl (C=O) groups excluding carboxylic acids is 2. The van der Waals surface area contributed by atoms with Gasteiger partial charge in [-0.25, -0.2) is 0 Å². The Balaban J connectivity index is 2.27. The monoisotopic (exact) mass is 241 g/mol. The molecule has 4 nitrogen and oxygen atoms in total. The maximum absolute atomic E-state index is 11.7. The predicted octanol–water partition coefficient (Wildman–Crippen LogP) is 1.98. The van der Waals surface area contributed by atoms with Gasteiger partial charge in [-0.3, -0.25) is 9.59 Å². The van der Waals surface area contributed by atoms with Crippen molar-refractivity contribution in [3.63, 3.8) is 0 Å². The van der Waals surface area contributed by atoms with Crippen LogP contribution in [0.3, 0.4) is 0 Å². The van der Waals surface area contributed by atoms with E-state index in [4.69, 9.17) is 4.74 Å². The molecule has 0 N–H and O–H groups in total. The molecule has 1 atom stereocenters. The molecule has 0 aromatic rings. The largest absolute Gasteiger partial charge is 0.465 e. The molecule has 1 aliphatic rings. The van der Waals surface area contributed by atoms with E-state index in [1.807, 2.05) is 6.92 Å². The zero-order valence-electron chi connectivity index (χ0n) is 10.9. The smallest absolute Gasteiger partial charge is 0.311 e. The van der Waals surface area contributed by atoms with Gasteiger partial charge in [0, 0.05) is 19.5 Å². The second kappa shape index (κ2) is 7.30. The van der Waals surface area contributed by atoms with Gasteiger partial charge in [0.1, 0.15) is 0 Å². The standard InChI is InChI=1S/C13H23NO3/c1-3-5-6-8-17-13(16)11-9-12(15)14(10-11)7-4-2/h11H,3-10H2,1-2H3. The molecule has 0 aromatic carbocycles. The highest BCUT2D eigenvalue weighted by Gasteiger charge is 2.34. The summed E-state index contributed by atoms with van der Waals surface area (Å²) in [6.07, 6.45) is 4.38. The number of hydrogen-bond donors (Lipinski definition) is 0. The minimum Gasteiger partial charge on any atom is -0.465 e. The minimum absolute atomic E-state index is 0.0855. The number of amides is 1. The van der Waals surface area contributed by atoms with E-state index in [1.54, 1.807) is 4.90 Å². The van der Waals surface area contributed by atoms with Gasteiger partial charge in [-0.2, -0.15) is 0 Å². The van der Waals surface area contributed by atoms with Crippen molar-refractivity contribution in [1.29, 1.82) is 0 Å². The van der Waals surface area contributed by atoms with Gasteiger partial charge < -0.3 is 9.64 Å². The molecule has 1 fully saturated rings. The van der Waals surface area contributed by atoms with Crippen molar-refractivity contribution >= 4 is 11.9 Å². The summed E-state index contributed by atoms with van der Waals surface area (Å²) in [7, 11) is 0. The lowest BCUT2D eigenvalue weighted by molar-refractivity contribution is -0.148. The van der Waals surface area contributed by atoms with Crippen LogP contribution in [0.4, 0.5) is 0 Å². The van der Waals surface area contributed by atoms with Crippen molar-refractivity contribution in [3.05, 3.63) is 0 Å². The molecule has 0 spiro atoms. The first kappa shape index (κ1) is 14.0. The average Bonchev–Trinajstić information content (AvgIpc) is 2.67. The van der Waals surface area contributed by atoms with Gasteiger partial charge in [-0.1, -0.05) is 26.7 Å². The number of esters is 1. The lowest BCUT2D eigenvalue weighted by atomic mass is 10.1. The quantitative estimate of drug-likeness (QED) is 0.506. The number of nitrogens with zero attached hydrogens (tertiary/aromatic N) is 1. The Morgan fingerprint density at radius 1 is 1.35 bits per heavy atom. The van der Waals surface area contributed by atoms with Gasteiger partial charge in [-0.05, 0) is 12.8 Å². The Morgan fingerprint density at radius 3 is 2.76 bits per heavy atom. The van der Waals surface area contributed by atoms with E-state index in [0.29, 0.717) is 19.6 Å². The molecule has 0 radical (unpaired) electrons. The van der Waals surface area contributed by atoms with Crippen LogP contribution in [0, 0.1) is 5.92 Å². The summed E-state index contributed by atoms with van der Waals surface area (Å²) >= 11 is 0. The van der Waals surface area contributed by atoms with Crippen LogP contribution in [0.25, 0.3) is 0 Å². The van der Waals surface area contributed by atoms with Crippen LogP contribution in [0.15, 0.2) is 0 Å². The van der Waals surface area contributed by atoms with Crippen LogP contribution >= 0.6 is 0 Å². The fourth-order valence-corrected chi connectivity index (χ4v) is 2.06. The van der Waals surface area contributed by atoms with Gasteiger partial charge in [0.2, 0.25) is 5.91 Å². The first-order chi connectivity index (χ1) is 8.19. The number of hydrogen-bond acceptors (Lipinski definition) is 3. The SMILES string of the molecule is CCCCCOC(=O)C1CC(=O)N(CCC)C1. The Bertz CT molecular complexity index is 265. The van der Waals surface area contributed by atoms with E-state index in [-0.39, 0.29) is 17.8 Å². The van der Waals surface area contributed by atoms with Crippen LogP contribution in [0.2, 0.25) is 0 Å². The van der Waals surface area contributed by atoms with E-state index in [2.05, 4.69) is 6.92 Å². The minimum atomic E-state index is -0.240. The highest BCUT2D eigenvalue weighted by atomic mass is 16.5. The van der Waals surface area contributed by atoms with E-state index in [9.17, 15) is 9.59 Å². The number of carbonyl (C=O) groups is 2. The Hall–Kier alpha value is -1.06. The predicted molar refractivity (Wildman–Crippen MR) is 65.5 cm³/mol. The third kappa shape index (κ3) is 4.36. The van der Waals surface area contributed by atoms with Gasteiger partial charge in [0.05, 0.1) is 12.5 Å². The molecule has 0 saturated carbocycles. The normalized spacial score (nSPS) is 19.8. The summed E-state index contributed by atoms with van der Waals surface area (Å²) in [5, 5.41) is 0. The van der Waals surface area contributed by atoms with E-state index < -0.39 is 0 Å². The Morgan fingerprint density at radius 2 is 2.12 bits per heavy atom. The van der Waals surface area contributed by atoms with Crippen molar-refractivity contribution in [2.24, 2.45) is 5.92 Å². The molecule has 17 heavy (non-hydrogen) atoms. The van der Waals surface area contributed by atoms with Gasteiger partial charge in [0.25, 0.3) is 0 Å². The maximum atomic E-state index is 11.7. The van der Waals surface area contributed by atoms with Crippen LogP contribution in [0.5, 0.6) is 0 Å². The number of ether oxygens (including phenoxy) is 1. The molecule has 1 heterocycles. The van der Waals surface area contributed by atoms with Gasteiger partial charge >= 0.3 is 5.97 Å². The summed E-state index contributed by atoms with van der Waals surface area (Å²) in [4.78, 5) is 25.0. The van der Waals surface area contributed by atoms with Crippen LogP contribution in [-0.2, 0) is 14.3 Å². The lowest BCUT2D eigenvalue weighted by Gasteiger charge is -2.14. The molecule has 1 unspecified atom stereocenters. The summed E-state index contributed by atoms with van der Waals surface area (Å²) in [5.74, 6) is -0.355. The Kier molecular flexibility index (Phi) is 6.01. The lowest BCUT2D eigenvalue weighted by Crippen LogP contribution is -2.27. The third-order valence-electron chi connectivity index (χ3n) is 3.03. The van der Waals surface area contributed by atoms with Gasteiger partial charge in [0.15, 0.2) is 0 Å². The van der Waals surface area contributed by atoms with Crippen molar-refractivity contribution in [3.8, 4) is 0 Å². The summed E-state index contributed by atoms with van der Waals surface area (Å²) < 4.78 is 5.18. The topological polar surface area (TPSA) is 46.6 Å². The number of unbranched alkanes of at least 4 members (excludes halogenated alkanes) is 2. The molecule has 0 aliphatic carbocycles. The summed E-state index contributed by atoms with van der Waals surface area (Å²) in [6.45, 7) is 5.92. The zero-order valence-corrected chi connectivity index (χ0v) is 10.9. The molecule has 1 amide bonds. The fraction of sp³-hybridized carbons (Fsp3) is 0.846. The number of rotatable bonds is 7. The molecule has 1 saturated heterocycles.